The fourth-order valence-electron chi connectivity index (χ4n) is 4.64. The van der Waals surface area contributed by atoms with Gasteiger partial charge < -0.3 is 24.6 Å². The van der Waals surface area contributed by atoms with E-state index in [9.17, 15) is 23.2 Å². The molecule has 2 heterocycles. The molecule has 1 aliphatic carbocycles. The molecule has 0 bridgehead atoms. The molecule has 2 aromatic rings. The van der Waals surface area contributed by atoms with Crippen LogP contribution in [0.15, 0.2) is 24.4 Å². The summed E-state index contributed by atoms with van der Waals surface area (Å²) < 4.78 is 40.1. The normalized spacial score (nSPS) is 17.1. The summed E-state index contributed by atoms with van der Waals surface area (Å²) in [6.45, 7) is 4.31. The number of benzene rings is 1. The molecule has 0 spiro atoms. The van der Waals surface area contributed by atoms with Crippen LogP contribution in [0.4, 0.5) is 36.7 Å². The molecule has 0 saturated heterocycles. The van der Waals surface area contributed by atoms with Crippen molar-refractivity contribution in [1.29, 1.82) is 0 Å². The van der Waals surface area contributed by atoms with Gasteiger partial charge in [0.1, 0.15) is 17.0 Å². The molecule has 40 heavy (non-hydrogen) atoms. The largest absolute Gasteiger partial charge is 0.495 e. The third-order valence-electron chi connectivity index (χ3n) is 6.52. The maximum Gasteiger partial charge on any atom is 0.426 e. The average molecular weight is 562 g/mol. The molecular formula is C26H33F2N7O5. The number of nitrogens with one attached hydrogen (secondary N) is 3. The van der Waals surface area contributed by atoms with Gasteiger partial charge in [0.2, 0.25) is 5.95 Å². The summed E-state index contributed by atoms with van der Waals surface area (Å²) in [6, 6.07) is 4.30. The number of ether oxygens (including phenoxy) is 2. The highest BCUT2D eigenvalue weighted by Crippen LogP contribution is 2.40. The first-order valence-electron chi connectivity index (χ1n) is 12.8. The molecule has 14 heteroatoms. The molecule has 3 N–H and O–H groups in total. The van der Waals surface area contributed by atoms with Gasteiger partial charge in [-0.15, -0.1) is 0 Å². The number of hydrazine groups is 1. The van der Waals surface area contributed by atoms with Gasteiger partial charge in [0.05, 0.1) is 25.5 Å². The molecule has 216 valence electrons. The van der Waals surface area contributed by atoms with E-state index in [1.807, 2.05) is 0 Å². The first kappa shape index (κ1) is 28.8. The Morgan fingerprint density at radius 1 is 1.15 bits per heavy atom. The van der Waals surface area contributed by atoms with Crippen molar-refractivity contribution < 1.29 is 32.6 Å². The molecule has 1 aromatic heterocycles. The lowest BCUT2D eigenvalue weighted by molar-refractivity contribution is -0.140. The van der Waals surface area contributed by atoms with Gasteiger partial charge in [0.25, 0.3) is 11.8 Å². The number of fused-ring (bicyclic) bond motifs is 1. The van der Waals surface area contributed by atoms with Crippen LogP contribution < -0.4 is 30.7 Å². The highest BCUT2D eigenvalue weighted by Gasteiger charge is 2.48. The second kappa shape index (κ2) is 11.1. The monoisotopic (exact) mass is 561 g/mol. The van der Waals surface area contributed by atoms with Gasteiger partial charge >= 0.3 is 12.0 Å². The van der Waals surface area contributed by atoms with Gasteiger partial charge in [0, 0.05) is 18.7 Å². The van der Waals surface area contributed by atoms with Crippen LogP contribution in [0.2, 0.25) is 0 Å². The molecule has 0 unspecified atom stereocenters. The summed E-state index contributed by atoms with van der Waals surface area (Å²) in [6.07, 6.45) is 3.78. The highest BCUT2D eigenvalue weighted by atomic mass is 19.3. The third-order valence-corrected chi connectivity index (χ3v) is 6.52. The zero-order valence-electron chi connectivity index (χ0n) is 23.0. The quantitative estimate of drug-likeness (QED) is 0.466. The number of methoxy groups -OCH3 is 1. The Morgan fingerprint density at radius 3 is 2.50 bits per heavy atom. The Bertz CT molecular complexity index is 1290. The summed E-state index contributed by atoms with van der Waals surface area (Å²) in [4.78, 5) is 48.0. The van der Waals surface area contributed by atoms with Gasteiger partial charge in [-0.1, -0.05) is 12.8 Å². The molecule has 12 nitrogen and oxygen atoms in total. The highest BCUT2D eigenvalue weighted by molar-refractivity contribution is 6.02. The number of hydrogen-bond acceptors (Lipinski definition) is 9. The summed E-state index contributed by atoms with van der Waals surface area (Å²) in [7, 11) is 2.69. The van der Waals surface area contributed by atoms with E-state index < -0.39 is 36.0 Å². The van der Waals surface area contributed by atoms with Gasteiger partial charge in [-0.3, -0.25) is 15.0 Å². The number of nitrogens with zero attached hydrogens (tertiary/aromatic N) is 4. The summed E-state index contributed by atoms with van der Waals surface area (Å²) >= 11 is 0. The third kappa shape index (κ3) is 6.32. The predicted octanol–water partition coefficient (Wildman–Crippen LogP) is 3.76. The zero-order chi connectivity index (χ0) is 29.2. The predicted molar refractivity (Wildman–Crippen MR) is 143 cm³/mol. The van der Waals surface area contributed by atoms with Crippen molar-refractivity contribution in [3.63, 3.8) is 0 Å². The molecule has 1 fully saturated rings. The van der Waals surface area contributed by atoms with Gasteiger partial charge in [-0.25, -0.2) is 15.2 Å². The smallest absolute Gasteiger partial charge is 0.426 e. The maximum absolute atomic E-state index is 14.8. The van der Waals surface area contributed by atoms with E-state index in [1.165, 1.54) is 37.4 Å². The molecule has 1 aliphatic heterocycles. The number of rotatable bonds is 5. The van der Waals surface area contributed by atoms with Crippen LogP contribution in [-0.4, -0.2) is 66.1 Å². The summed E-state index contributed by atoms with van der Waals surface area (Å²) in [5, 5.41) is 3.01. The molecule has 2 aliphatic rings. The molecule has 3 amide bonds. The molecule has 0 radical (unpaired) electrons. The Hall–Kier alpha value is -4.23. The molecule has 1 saturated carbocycles. The molecule has 1 aromatic carbocycles. The standard InChI is InChI=1S/C26H33F2N7O5/c1-25(2,3)40-24(38)33-32-21(36)15-10-11-17(19(12-15)39-5)30-23-29-13-18-20(31-23)35(16-8-6-7-9-16)14-26(27,28)22(37)34(18)4/h10-13,16H,6-9,14H2,1-5H3,(H,32,36)(H,33,38)(H,29,30,31). The van der Waals surface area contributed by atoms with Crippen LogP contribution in [0.5, 0.6) is 5.75 Å². The number of carbonyl (C=O) groups excluding carboxylic acids is 3. The minimum Gasteiger partial charge on any atom is -0.495 e. The lowest BCUT2D eigenvalue weighted by Gasteiger charge is -2.31. The summed E-state index contributed by atoms with van der Waals surface area (Å²) in [5.41, 5.74) is 4.48. The number of amides is 3. The van der Waals surface area contributed by atoms with Crippen molar-refractivity contribution >= 4 is 41.0 Å². The summed E-state index contributed by atoms with van der Waals surface area (Å²) in [5.74, 6) is -4.91. The topological polar surface area (TPSA) is 138 Å². The van der Waals surface area contributed by atoms with Crippen LogP contribution >= 0.6 is 0 Å². The number of hydrogen-bond donors (Lipinski definition) is 3. The lowest BCUT2D eigenvalue weighted by Crippen LogP contribution is -2.48. The Labute approximate surface area is 230 Å². The minimum absolute atomic E-state index is 0.0925. The number of alkyl halides is 2. The molecular weight excluding hydrogens is 528 g/mol. The van der Waals surface area contributed by atoms with Crippen molar-refractivity contribution in [1.82, 2.24) is 20.8 Å². The van der Waals surface area contributed by atoms with E-state index in [0.29, 0.717) is 5.69 Å². The molecule has 4 rings (SSSR count). The fourth-order valence-corrected chi connectivity index (χ4v) is 4.64. The lowest BCUT2D eigenvalue weighted by atomic mass is 10.1. The van der Waals surface area contributed by atoms with E-state index in [2.05, 4.69) is 26.1 Å². The number of carbonyl (C=O) groups is 3. The van der Waals surface area contributed by atoms with Gasteiger partial charge in [0.15, 0.2) is 5.82 Å². The van der Waals surface area contributed by atoms with Crippen LogP contribution in [0, 0.1) is 0 Å². The second-order valence-electron chi connectivity index (χ2n) is 10.7. The Balaban J connectivity index is 1.56. The second-order valence-corrected chi connectivity index (χ2v) is 10.7. The SMILES string of the molecule is COc1cc(C(=O)NNC(=O)OC(C)(C)C)ccc1Nc1ncc2c(n1)N(C1CCCC1)CC(F)(F)C(=O)N2C. The fraction of sp³-hybridized carbons (Fsp3) is 0.500. The van der Waals surface area contributed by atoms with Crippen LogP contribution in [0.1, 0.15) is 56.8 Å². The Morgan fingerprint density at radius 2 is 1.85 bits per heavy atom. The van der Waals surface area contributed by atoms with Crippen molar-refractivity contribution in [2.24, 2.45) is 0 Å². The Kier molecular flexibility index (Phi) is 7.98. The first-order chi connectivity index (χ1) is 18.8. The van der Waals surface area contributed by atoms with Gasteiger partial charge in [-0.2, -0.15) is 13.8 Å². The van der Waals surface area contributed by atoms with Crippen LogP contribution in [-0.2, 0) is 9.53 Å². The van der Waals surface area contributed by atoms with Gasteiger partial charge in [-0.05, 0) is 51.8 Å². The van der Waals surface area contributed by atoms with E-state index in [0.717, 1.165) is 30.6 Å². The van der Waals surface area contributed by atoms with Crippen molar-refractivity contribution in [2.45, 2.75) is 64.0 Å². The zero-order valence-corrected chi connectivity index (χ0v) is 23.0. The van der Waals surface area contributed by atoms with Crippen molar-refractivity contribution in [3.8, 4) is 5.75 Å². The van der Waals surface area contributed by atoms with Crippen LogP contribution in [0.25, 0.3) is 0 Å². The van der Waals surface area contributed by atoms with E-state index in [4.69, 9.17) is 9.47 Å². The minimum atomic E-state index is -3.58. The number of halogens is 2. The first-order valence-corrected chi connectivity index (χ1v) is 12.8. The van der Waals surface area contributed by atoms with E-state index >= 15 is 0 Å². The van der Waals surface area contributed by atoms with Crippen LogP contribution in [0.3, 0.4) is 0 Å². The van der Waals surface area contributed by atoms with E-state index in [1.54, 1.807) is 26.8 Å². The number of aromatic nitrogens is 2. The number of anilines is 4. The van der Waals surface area contributed by atoms with E-state index in [-0.39, 0.29) is 34.8 Å². The maximum atomic E-state index is 14.8. The van der Waals surface area contributed by atoms with Crippen molar-refractivity contribution in [3.05, 3.63) is 30.0 Å². The molecule has 0 atom stereocenters. The average Bonchev–Trinajstić information content (AvgIpc) is 3.41. The van der Waals surface area contributed by atoms with Crippen molar-refractivity contribution in [2.75, 3.05) is 35.8 Å².